The van der Waals surface area contributed by atoms with Crippen LogP contribution in [0.1, 0.15) is 72.5 Å². The first kappa shape index (κ1) is 28.0. The Kier molecular flexibility index (Phi) is 11.2. The lowest BCUT2D eigenvalue weighted by Crippen LogP contribution is -2.25. The van der Waals surface area contributed by atoms with E-state index in [1.807, 2.05) is 12.1 Å². The molecule has 2 N–H and O–H groups in total. The number of aryl methyl sites for hydroxylation is 3. The number of ether oxygens (including phenoxy) is 1. The summed E-state index contributed by atoms with van der Waals surface area (Å²) < 4.78 is 6.00. The number of rotatable bonds is 15. The molecule has 0 fully saturated rings. The molecule has 5 heteroatoms. The molecule has 0 saturated heterocycles. The van der Waals surface area contributed by atoms with Crippen LogP contribution in [0.4, 0.5) is 0 Å². The number of hydrogen-bond acceptors (Lipinski definition) is 3. The van der Waals surface area contributed by atoms with Gasteiger partial charge in [0, 0.05) is 12.1 Å². The lowest BCUT2D eigenvalue weighted by molar-refractivity contribution is -0.136. The van der Waals surface area contributed by atoms with Crippen molar-refractivity contribution >= 4 is 11.9 Å². The molecule has 5 nitrogen and oxygen atoms in total. The van der Waals surface area contributed by atoms with Crippen LogP contribution in [0.2, 0.25) is 0 Å². The van der Waals surface area contributed by atoms with E-state index in [1.54, 1.807) is 12.1 Å². The number of carbonyl (C=O) groups excluding carboxylic acids is 1. The molecule has 1 amide bonds. The first-order chi connectivity index (χ1) is 18.0. The maximum Gasteiger partial charge on any atom is 0.305 e. The van der Waals surface area contributed by atoms with Gasteiger partial charge in [-0.15, -0.1) is 0 Å². The summed E-state index contributed by atoms with van der Waals surface area (Å²) in [6.45, 7) is 5.19. The number of nitrogens with one attached hydrogen (secondary N) is 1. The molecule has 0 bridgehead atoms. The minimum absolute atomic E-state index is 0.0721. The molecule has 0 heterocycles. The minimum atomic E-state index is -0.919. The minimum Gasteiger partial charge on any atom is -0.494 e. The molecule has 3 aromatic carbocycles. The van der Waals surface area contributed by atoms with Crippen LogP contribution < -0.4 is 10.1 Å². The molecule has 37 heavy (non-hydrogen) atoms. The van der Waals surface area contributed by atoms with Crippen LogP contribution in [0.5, 0.6) is 5.75 Å². The zero-order valence-corrected chi connectivity index (χ0v) is 22.1. The van der Waals surface area contributed by atoms with Gasteiger partial charge in [-0.2, -0.15) is 0 Å². The highest BCUT2D eigenvalue weighted by Gasteiger charge is 2.07. The quantitative estimate of drug-likeness (QED) is 0.220. The van der Waals surface area contributed by atoms with Crippen molar-refractivity contribution in [1.29, 1.82) is 0 Å². The number of carboxylic acids is 1. The summed E-state index contributed by atoms with van der Waals surface area (Å²) in [4.78, 5) is 22.5. The third kappa shape index (κ3) is 9.41. The molecule has 0 unspecified atom stereocenters. The third-order valence-corrected chi connectivity index (χ3v) is 6.59. The van der Waals surface area contributed by atoms with E-state index in [2.05, 4.69) is 61.6 Å². The van der Waals surface area contributed by atoms with Crippen LogP contribution >= 0.6 is 0 Å². The van der Waals surface area contributed by atoms with Gasteiger partial charge in [0.25, 0.3) is 5.91 Å². The van der Waals surface area contributed by atoms with Crippen molar-refractivity contribution < 1.29 is 19.4 Å². The summed E-state index contributed by atoms with van der Waals surface area (Å²) in [6, 6.07) is 22.7. The molecule has 0 aliphatic rings. The summed E-state index contributed by atoms with van der Waals surface area (Å²) in [5, 5.41) is 11.3. The first-order valence-electron chi connectivity index (χ1n) is 13.4. The number of unbranched alkanes of at least 4 members (excludes halogenated alkanes) is 4. The van der Waals surface area contributed by atoms with E-state index in [9.17, 15) is 9.59 Å². The fourth-order valence-corrected chi connectivity index (χ4v) is 4.33. The van der Waals surface area contributed by atoms with Crippen molar-refractivity contribution in [2.45, 2.75) is 65.2 Å². The van der Waals surface area contributed by atoms with Gasteiger partial charge < -0.3 is 15.2 Å². The molecule has 196 valence electrons. The summed E-state index contributed by atoms with van der Waals surface area (Å²) in [5.41, 5.74) is 6.86. The van der Waals surface area contributed by atoms with E-state index in [-0.39, 0.29) is 18.9 Å². The zero-order chi connectivity index (χ0) is 26.5. The Balaban J connectivity index is 1.28. The molecule has 0 aliphatic heterocycles. The molecule has 3 aromatic rings. The van der Waals surface area contributed by atoms with E-state index in [0.717, 1.165) is 44.5 Å². The highest BCUT2D eigenvalue weighted by molar-refractivity contribution is 5.94. The Morgan fingerprint density at radius 3 is 2.19 bits per heavy atom. The van der Waals surface area contributed by atoms with Gasteiger partial charge in [-0.25, -0.2) is 0 Å². The van der Waals surface area contributed by atoms with E-state index in [0.29, 0.717) is 5.56 Å². The topological polar surface area (TPSA) is 75.6 Å². The number of benzene rings is 3. The Labute approximate surface area is 220 Å². The van der Waals surface area contributed by atoms with Crippen LogP contribution in [-0.4, -0.2) is 30.1 Å². The Bertz CT molecular complexity index is 1140. The van der Waals surface area contributed by atoms with Crippen molar-refractivity contribution in [3.63, 3.8) is 0 Å². The maximum atomic E-state index is 12.0. The predicted molar refractivity (Wildman–Crippen MR) is 149 cm³/mol. The second-order valence-corrected chi connectivity index (χ2v) is 9.49. The van der Waals surface area contributed by atoms with Gasteiger partial charge in [-0.3, -0.25) is 9.59 Å². The molecular weight excluding hydrogens is 462 g/mol. The maximum absolute atomic E-state index is 12.0. The fraction of sp³-hybridized carbons (Fsp3) is 0.375. The van der Waals surface area contributed by atoms with E-state index in [1.165, 1.54) is 40.7 Å². The smallest absolute Gasteiger partial charge is 0.305 e. The van der Waals surface area contributed by atoms with E-state index in [4.69, 9.17) is 9.84 Å². The highest BCUT2D eigenvalue weighted by Crippen LogP contribution is 2.27. The normalized spacial score (nSPS) is 10.8. The number of carboxylic acid groups (broad SMARTS) is 1. The Morgan fingerprint density at radius 2 is 1.51 bits per heavy atom. The Morgan fingerprint density at radius 1 is 0.838 bits per heavy atom. The van der Waals surface area contributed by atoms with Crippen molar-refractivity contribution in [3.05, 3.63) is 89.0 Å². The number of hydrogen-bond donors (Lipinski definition) is 2. The number of amides is 1. The van der Waals surface area contributed by atoms with Crippen molar-refractivity contribution in [2.24, 2.45) is 0 Å². The molecule has 0 spiro atoms. The van der Waals surface area contributed by atoms with E-state index >= 15 is 0 Å². The monoisotopic (exact) mass is 501 g/mol. The zero-order valence-electron chi connectivity index (χ0n) is 22.1. The van der Waals surface area contributed by atoms with E-state index < -0.39 is 5.97 Å². The first-order valence-corrected chi connectivity index (χ1v) is 13.4. The molecule has 0 aromatic heterocycles. The fourth-order valence-electron chi connectivity index (χ4n) is 4.33. The number of aliphatic carboxylic acids is 1. The predicted octanol–water partition coefficient (Wildman–Crippen LogP) is 7.00. The molecule has 0 atom stereocenters. The molecule has 0 aliphatic carbocycles. The standard InChI is InChI=1S/C32H39NO4/c1-3-25-10-14-27(15-11-25)30-19-18-29(23-24(30)2)37-22-8-6-4-5-7-9-26-12-16-28(17-13-26)32(36)33-21-20-31(34)35/h10-19,23H,3-9,20-22H2,1-2H3,(H,33,36)(H,34,35). The van der Waals surface area contributed by atoms with Crippen molar-refractivity contribution in [3.8, 4) is 16.9 Å². The molecule has 3 rings (SSSR count). The van der Waals surface area contributed by atoms with Gasteiger partial charge >= 0.3 is 5.97 Å². The van der Waals surface area contributed by atoms with Crippen molar-refractivity contribution in [1.82, 2.24) is 5.32 Å². The SMILES string of the molecule is CCc1ccc(-c2ccc(OCCCCCCCc3ccc(C(=O)NCCC(=O)O)cc3)cc2C)cc1. The van der Waals surface area contributed by atoms with Gasteiger partial charge in [0.2, 0.25) is 0 Å². The highest BCUT2D eigenvalue weighted by atomic mass is 16.5. The van der Waals surface area contributed by atoms with Crippen LogP contribution in [0.3, 0.4) is 0 Å². The second kappa shape index (κ2) is 14.8. The van der Waals surface area contributed by atoms with Crippen LogP contribution in [0.15, 0.2) is 66.7 Å². The number of carbonyl (C=O) groups is 2. The summed E-state index contributed by atoms with van der Waals surface area (Å²) >= 11 is 0. The summed E-state index contributed by atoms with van der Waals surface area (Å²) in [5.74, 6) is -0.217. The van der Waals surface area contributed by atoms with Crippen LogP contribution in [-0.2, 0) is 17.6 Å². The van der Waals surface area contributed by atoms with Gasteiger partial charge in [0.05, 0.1) is 13.0 Å². The molecule has 0 radical (unpaired) electrons. The summed E-state index contributed by atoms with van der Waals surface area (Å²) in [6.07, 6.45) is 7.63. The summed E-state index contributed by atoms with van der Waals surface area (Å²) in [7, 11) is 0. The van der Waals surface area contributed by atoms with Crippen LogP contribution in [0.25, 0.3) is 11.1 Å². The second-order valence-electron chi connectivity index (χ2n) is 9.49. The van der Waals surface area contributed by atoms with Gasteiger partial charge in [0.1, 0.15) is 5.75 Å². The average Bonchev–Trinajstić information content (AvgIpc) is 2.90. The molecule has 0 saturated carbocycles. The largest absolute Gasteiger partial charge is 0.494 e. The van der Waals surface area contributed by atoms with Gasteiger partial charge in [-0.1, -0.05) is 68.7 Å². The van der Waals surface area contributed by atoms with Crippen molar-refractivity contribution in [2.75, 3.05) is 13.2 Å². The van der Waals surface area contributed by atoms with Crippen LogP contribution in [0, 0.1) is 6.92 Å². The van der Waals surface area contributed by atoms with Gasteiger partial charge in [0.15, 0.2) is 0 Å². The average molecular weight is 502 g/mol. The lowest BCUT2D eigenvalue weighted by atomic mass is 9.99. The van der Waals surface area contributed by atoms with Gasteiger partial charge in [-0.05, 0) is 84.7 Å². The lowest BCUT2D eigenvalue weighted by Gasteiger charge is -2.11. The Hall–Kier alpha value is -3.60. The third-order valence-electron chi connectivity index (χ3n) is 6.59. The molecular formula is C32H39NO4.